The summed E-state index contributed by atoms with van der Waals surface area (Å²) in [7, 11) is 0. The number of nitrogens with zero attached hydrogens (tertiary/aromatic N) is 2. The summed E-state index contributed by atoms with van der Waals surface area (Å²) in [6, 6.07) is 0. The van der Waals surface area contributed by atoms with Crippen molar-refractivity contribution in [1.82, 2.24) is 15.0 Å². The van der Waals surface area contributed by atoms with Crippen molar-refractivity contribution >= 4 is 22.6 Å². The van der Waals surface area contributed by atoms with E-state index in [1.54, 1.807) is 6.20 Å². The topological polar surface area (TPSA) is 61.8 Å². The highest BCUT2D eigenvalue weighted by atomic mass is 35.5. The van der Waals surface area contributed by atoms with Crippen molar-refractivity contribution in [3.63, 3.8) is 0 Å². The van der Waals surface area contributed by atoms with Gasteiger partial charge in [-0.15, -0.1) is 0 Å². The Bertz CT molecular complexity index is 534. The van der Waals surface area contributed by atoms with Crippen LogP contribution >= 0.6 is 11.6 Å². The molecule has 0 radical (unpaired) electrons. The Morgan fingerprint density at radius 2 is 2.12 bits per heavy atom. The molecule has 0 bridgehead atoms. The first kappa shape index (κ1) is 11.0. The van der Waals surface area contributed by atoms with Crippen molar-refractivity contribution in [3.8, 4) is 0 Å². The molecule has 1 aliphatic carbocycles. The minimum absolute atomic E-state index is 0.338. The molecule has 0 aromatic carbocycles. The molecule has 1 aliphatic rings. The molecule has 90 valence electrons. The highest BCUT2D eigenvalue weighted by molar-refractivity contribution is 6.34. The summed E-state index contributed by atoms with van der Waals surface area (Å²) in [6.07, 6.45) is 7.33. The van der Waals surface area contributed by atoms with Crippen LogP contribution in [0.1, 0.15) is 37.4 Å². The van der Waals surface area contributed by atoms with Crippen molar-refractivity contribution in [2.75, 3.05) is 0 Å². The molecule has 3 rings (SSSR count). The number of halogens is 1. The van der Waals surface area contributed by atoms with Crippen molar-refractivity contribution in [2.45, 2.75) is 31.8 Å². The number of aliphatic hydroxyl groups excluding tert-OH is 1. The molecule has 1 unspecified atom stereocenters. The van der Waals surface area contributed by atoms with E-state index in [2.05, 4.69) is 15.0 Å². The van der Waals surface area contributed by atoms with Crippen molar-refractivity contribution in [1.29, 1.82) is 0 Å². The van der Waals surface area contributed by atoms with Gasteiger partial charge in [0.2, 0.25) is 0 Å². The molecule has 2 aromatic rings. The van der Waals surface area contributed by atoms with Crippen molar-refractivity contribution in [3.05, 3.63) is 23.2 Å². The molecular weight excluding hydrogens is 238 g/mol. The van der Waals surface area contributed by atoms with Gasteiger partial charge in [-0.2, -0.15) is 0 Å². The van der Waals surface area contributed by atoms with Gasteiger partial charge >= 0.3 is 0 Å². The van der Waals surface area contributed by atoms with E-state index in [-0.39, 0.29) is 0 Å². The standard InChI is InChI=1S/C12H14ClN3O/c13-11-9-8(5-14-12(9)16-6-15-11)10(17)7-3-1-2-4-7/h5-7,10,17H,1-4H2,(H,14,15,16). The van der Waals surface area contributed by atoms with E-state index in [1.807, 2.05) is 0 Å². The SMILES string of the molecule is OC(c1c[nH]c2ncnc(Cl)c12)C1CCCC1. The monoisotopic (exact) mass is 251 g/mol. The van der Waals surface area contributed by atoms with Gasteiger partial charge in [0.25, 0.3) is 0 Å². The second-order valence-electron chi connectivity index (χ2n) is 4.62. The zero-order valence-corrected chi connectivity index (χ0v) is 10.1. The molecule has 0 aliphatic heterocycles. The van der Waals surface area contributed by atoms with Crippen LogP contribution in [-0.4, -0.2) is 20.1 Å². The molecule has 1 fully saturated rings. The number of aliphatic hydroxyl groups is 1. The second kappa shape index (κ2) is 4.27. The maximum Gasteiger partial charge on any atom is 0.142 e. The van der Waals surface area contributed by atoms with Gasteiger partial charge in [0.05, 0.1) is 11.5 Å². The summed E-state index contributed by atoms with van der Waals surface area (Å²) >= 11 is 6.07. The van der Waals surface area contributed by atoms with Gasteiger partial charge in [0.1, 0.15) is 17.1 Å². The quantitative estimate of drug-likeness (QED) is 0.807. The predicted molar refractivity (Wildman–Crippen MR) is 65.8 cm³/mol. The first-order chi connectivity index (χ1) is 8.27. The summed E-state index contributed by atoms with van der Waals surface area (Å²) in [4.78, 5) is 11.1. The lowest BCUT2D eigenvalue weighted by Crippen LogP contribution is -2.08. The van der Waals surface area contributed by atoms with Gasteiger partial charge in [-0.3, -0.25) is 0 Å². The fourth-order valence-corrected chi connectivity index (χ4v) is 2.95. The summed E-state index contributed by atoms with van der Waals surface area (Å²) in [5, 5.41) is 11.6. The fourth-order valence-electron chi connectivity index (χ4n) is 2.71. The molecule has 1 atom stereocenters. The van der Waals surface area contributed by atoms with E-state index < -0.39 is 6.10 Å². The van der Waals surface area contributed by atoms with Crippen LogP contribution < -0.4 is 0 Å². The van der Waals surface area contributed by atoms with Crippen LogP contribution in [0.25, 0.3) is 11.0 Å². The third-order valence-electron chi connectivity index (χ3n) is 3.62. The van der Waals surface area contributed by atoms with E-state index in [0.29, 0.717) is 16.7 Å². The summed E-state index contributed by atoms with van der Waals surface area (Å²) in [5.41, 5.74) is 1.52. The predicted octanol–water partition coefficient (Wildman–Crippen LogP) is 2.83. The number of fused-ring (bicyclic) bond motifs is 1. The van der Waals surface area contributed by atoms with Crippen LogP contribution in [0.3, 0.4) is 0 Å². The Kier molecular flexibility index (Phi) is 2.76. The molecule has 2 aromatic heterocycles. The minimum atomic E-state index is -0.463. The lowest BCUT2D eigenvalue weighted by molar-refractivity contribution is 0.113. The van der Waals surface area contributed by atoms with Gasteiger partial charge in [-0.1, -0.05) is 24.4 Å². The van der Waals surface area contributed by atoms with Gasteiger partial charge < -0.3 is 10.1 Å². The lowest BCUT2D eigenvalue weighted by atomic mass is 9.95. The summed E-state index contributed by atoms with van der Waals surface area (Å²) < 4.78 is 0. The Balaban J connectivity index is 2.04. The summed E-state index contributed by atoms with van der Waals surface area (Å²) in [5.74, 6) is 0.338. The Hall–Kier alpha value is -1.13. The molecule has 0 amide bonds. The molecule has 1 saturated carbocycles. The number of hydrogen-bond acceptors (Lipinski definition) is 3. The first-order valence-electron chi connectivity index (χ1n) is 5.93. The van der Waals surface area contributed by atoms with Crippen molar-refractivity contribution < 1.29 is 5.11 Å². The molecule has 4 nitrogen and oxygen atoms in total. The van der Waals surface area contributed by atoms with E-state index in [1.165, 1.54) is 19.2 Å². The second-order valence-corrected chi connectivity index (χ2v) is 4.98. The van der Waals surface area contributed by atoms with Gasteiger partial charge in [0, 0.05) is 11.8 Å². The largest absolute Gasteiger partial charge is 0.388 e. The molecule has 2 N–H and O–H groups in total. The van der Waals surface area contributed by atoms with E-state index >= 15 is 0 Å². The van der Waals surface area contributed by atoms with Crippen LogP contribution in [-0.2, 0) is 0 Å². The van der Waals surface area contributed by atoms with Crippen LogP contribution in [0, 0.1) is 5.92 Å². The normalized spacial score (nSPS) is 18.9. The number of nitrogens with one attached hydrogen (secondary N) is 1. The Morgan fingerprint density at radius 3 is 2.88 bits per heavy atom. The molecule has 17 heavy (non-hydrogen) atoms. The highest BCUT2D eigenvalue weighted by Crippen LogP contribution is 2.38. The average Bonchev–Trinajstić information content (AvgIpc) is 2.98. The zero-order valence-electron chi connectivity index (χ0n) is 9.36. The van der Waals surface area contributed by atoms with Crippen LogP contribution in [0.4, 0.5) is 0 Å². The number of aromatic amines is 1. The van der Waals surface area contributed by atoms with Crippen LogP contribution in [0.5, 0.6) is 0 Å². The van der Waals surface area contributed by atoms with Gasteiger partial charge in [-0.25, -0.2) is 9.97 Å². The molecule has 0 spiro atoms. The highest BCUT2D eigenvalue weighted by Gasteiger charge is 2.27. The molecule has 5 heteroatoms. The van der Waals surface area contributed by atoms with Gasteiger partial charge in [0.15, 0.2) is 0 Å². The third kappa shape index (κ3) is 1.81. The Labute approximate surface area is 104 Å². The number of aromatic nitrogens is 3. The molecule has 0 saturated heterocycles. The summed E-state index contributed by atoms with van der Waals surface area (Å²) in [6.45, 7) is 0. The van der Waals surface area contributed by atoms with E-state index in [9.17, 15) is 5.11 Å². The van der Waals surface area contributed by atoms with Crippen molar-refractivity contribution in [2.24, 2.45) is 5.92 Å². The number of H-pyrrole nitrogens is 1. The zero-order chi connectivity index (χ0) is 11.8. The van der Waals surface area contributed by atoms with Crippen LogP contribution in [0.2, 0.25) is 5.15 Å². The lowest BCUT2D eigenvalue weighted by Gasteiger charge is -2.16. The maximum atomic E-state index is 10.4. The Morgan fingerprint density at radius 1 is 1.35 bits per heavy atom. The van der Waals surface area contributed by atoms with Crippen LogP contribution in [0.15, 0.2) is 12.5 Å². The third-order valence-corrected chi connectivity index (χ3v) is 3.91. The average molecular weight is 252 g/mol. The molecular formula is C12H14ClN3O. The smallest absolute Gasteiger partial charge is 0.142 e. The number of rotatable bonds is 2. The fraction of sp³-hybridized carbons (Fsp3) is 0.500. The van der Waals surface area contributed by atoms with E-state index in [4.69, 9.17) is 11.6 Å². The minimum Gasteiger partial charge on any atom is -0.388 e. The van der Waals surface area contributed by atoms with E-state index in [0.717, 1.165) is 23.8 Å². The first-order valence-corrected chi connectivity index (χ1v) is 6.30. The van der Waals surface area contributed by atoms with Gasteiger partial charge in [-0.05, 0) is 18.8 Å². The maximum absolute atomic E-state index is 10.4. The molecule has 2 heterocycles. The number of hydrogen-bond donors (Lipinski definition) is 2.